The molecule has 1 aliphatic rings. The molecule has 1 fully saturated rings. The number of hydrogen-bond acceptors (Lipinski definition) is 1. The van der Waals surface area contributed by atoms with Crippen molar-refractivity contribution >= 4 is 11.6 Å². The summed E-state index contributed by atoms with van der Waals surface area (Å²) in [5.74, 6) is 0.174. The summed E-state index contributed by atoms with van der Waals surface area (Å²) in [6.45, 7) is 0. The Labute approximate surface area is 88.1 Å². The van der Waals surface area contributed by atoms with Crippen molar-refractivity contribution in [3.05, 3.63) is 34.6 Å². The number of hydrogen-bond donors (Lipinski definition) is 1. The fourth-order valence-corrected chi connectivity index (χ4v) is 1.98. The molecule has 1 aliphatic carbocycles. The molecule has 14 heavy (non-hydrogen) atoms. The molecule has 1 aromatic rings. The van der Waals surface area contributed by atoms with Gasteiger partial charge in [0.1, 0.15) is 5.82 Å². The molecule has 2 N–H and O–H groups in total. The number of benzene rings is 1. The Hall–Kier alpha value is -0.600. The van der Waals surface area contributed by atoms with Crippen molar-refractivity contribution in [3.8, 4) is 0 Å². The van der Waals surface area contributed by atoms with Crippen molar-refractivity contribution in [3.63, 3.8) is 0 Å². The smallest absolute Gasteiger partial charge is 0.141 e. The van der Waals surface area contributed by atoms with Crippen molar-refractivity contribution < 1.29 is 4.39 Å². The van der Waals surface area contributed by atoms with Gasteiger partial charge in [0.15, 0.2) is 0 Å². The van der Waals surface area contributed by atoms with Gasteiger partial charge in [-0.3, -0.25) is 0 Å². The molecule has 76 valence electrons. The highest BCUT2D eigenvalue weighted by molar-refractivity contribution is 6.30. The van der Waals surface area contributed by atoms with Crippen LogP contribution in [0.4, 0.5) is 4.39 Å². The van der Waals surface area contributed by atoms with E-state index in [9.17, 15) is 4.39 Å². The predicted molar refractivity (Wildman–Crippen MR) is 55.7 cm³/mol. The van der Waals surface area contributed by atoms with E-state index in [0.717, 1.165) is 5.56 Å². The van der Waals surface area contributed by atoms with Crippen LogP contribution in [0.3, 0.4) is 0 Å². The second kappa shape index (κ2) is 3.87. The molecule has 0 aromatic heterocycles. The molecular weight excluding hydrogens is 201 g/mol. The highest BCUT2D eigenvalue weighted by Crippen LogP contribution is 2.36. The molecule has 1 atom stereocenters. The average molecular weight is 214 g/mol. The standard InChI is InChI=1S/C11H13ClFN/c12-9-6-8(4-5-10(9)13)11(14)7-2-1-3-7/h4-7,11H,1-3,14H2/t11-/m0/s1. The van der Waals surface area contributed by atoms with Gasteiger partial charge in [0.2, 0.25) is 0 Å². The Morgan fingerprint density at radius 2 is 2.14 bits per heavy atom. The molecule has 0 aliphatic heterocycles. The van der Waals surface area contributed by atoms with Crippen LogP contribution in [0.2, 0.25) is 5.02 Å². The first-order valence-electron chi connectivity index (χ1n) is 4.89. The quantitative estimate of drug-likeness (QED) is 0.802. The Morgan fingerprint density at radius 3 is 2.64 bits per heavy atom. The van der Waals surface area contributed by atoms with E-state index in [-0.39, 0.29) is 16.9 Å². The Balaban J connectivity index is 2.18. The van der Waals surface area contributed by atoms with E-state index < -0.39 is 0 Å². The first-order valence-corrected chi connectivity index (χ1v) is 5.27. The summed E-state index contributed by atoms with van der Waals surface area (Å²) in [4.78, 5) is 0. The average Bonchev–Trinajstić information content (AvgIpc) is 2.06. The van der Waals surface area contributed by atoms with Crippen molar-refractivity contribution in [1.82, 2.24) is 0 Å². The van der Waals surface area contributed by atoms with Gasteiger partial charge in [0.05, 0.1) is 5.02 Å². The van der Waals surface area contributed by atoms with Crippen LogP contribution in [0.1, 0.15) is 30.9 Å². The van der Waals surface area contributed by atoms with Crippen LogP contribution in [0.25, 0.3) is 0 Å². The molecule has 3 heteroatoms. The second-order valence-electron chi connectivity index (χ2n) is 3.89. The van der Waals surface area contributed by atoms with E-state index in [1.165, 1.54) is 25.3 Å². The number of nitrogens with two attached hydrogens (primary N) is 1. The second-order valence-corrected chi connectivity index (χ2v) is 4.30. The first kappa shape index (κ1) is 9.94. The largest absolute Gasteiger partial charge is 0.324 e. The number of rotatable bonds is 2. The lowest BCUT2D eigenvalue weighted by atomic mass is 9.78. The molecule has 0 amide bonds. The molecule has 0 heterocycles. The van der Waals surface area contributed by atoms with Gasteiger partial charge in [0.25, 0.3) is 0 Å². The third-order valence-corrected chi connectivity index (χ3v) is 3.28. The minimum atomic E-state index is -0.378. The maximum absolute atomic E-state index is 12.9. The van der Waals surface area contributed by atoms with Gasteiger partial charge >= 0.3 is 0 Å². The Morgan fingerprint density at radius 1 is 1.43 bits per heavy atom. The van der Waals surface area contributed by atoms with Gasteiger partial charge in [-0.05, 0) is 36.5 Å². The molecular formula is C11H13ClFN. The molecule has 0 radical (unpaired) electrons. The van der Waals surface area contributed by atoms with Gasteiger partial charge < -0.3 is 5.73 Å². The zero-order valence-electron chi connectivity index (χ0n) is 7.84. The van der Waals surface area contributed by atoms with Crippen LogP contribution in [0.5, 0.6) is 0 Å². The van der Waals surface area contributed by atoms with Gasteiger partial charge in [0, 0.05) is 6.04 Å². The molecule has 1 nitrogen and oxygen atoms in total. The van der Waals surface area contributed by atoms with Crippen LogP contribution >= 0.6 is 11.6 Å². The Bertz CT molecular complexity index is 336. The maximum Gasteiger partial charge on any atom is 0.141 e. The van der Waals surface area contributed by atoms with Crippen molar-refractivity contribution in [1.29, 1.82) is 0 Å². The minimum Gasteiger partial charge on any atom is -0.324 e. The molecule has 2 rings (SSSR count). The fourth-order valence-electron chi connectivity index (χ4n) is 1.79. The molecule has 0 spiro atoms. The lowest BCUT2D eigenvalue weighted by Crippen LogP contribution is -2.26. The summed E-state index contributed by atoms with van der Waals surface area (Å²) in [6, 6.07) is 4.77. The molecule has 0 saturated heterocycles. The predicted octanol–water partition coefficient (Wildman–Crippen LogP) is 3.28. The van der Waals surface area contributed by atoms with Gasteiger partial charge in [-0.15, -0.1) is 0 Å². The van der Waals surface area contributed by atoms with Crippen molar-refractivity contribution in [2.75, 3.05) is 0 Å². The SMILES string of the molecule is N[C@H](c1ccc(F)c(Cl)c1)C1CCC1. The van der Waals surface area contributed by atoms with Gasteiger partial charge in [-0.2, -0.15) is 0 Å². The summed E-state index contributed by atoms with van der Waals surface area (Å²) in [5.41, 5.74) is 6.98. The van der Waals surface area contributed by atoms with Crippen LogP contribution in [0, 0.1) is 11.7 Å². The topological polar surface area (TPSA) is 26.0 Å². The van der Waals surface area contributed by atoms with Crippen molar-refractivity contribution in [2.24, 2.45) is 11.7 Å². The van der Waals surface area contributed by atoms with E-state index in [4.69, 9.17) is 17.3 Å². The fraction of sp³-hybridized carbons (Fsp3) is 0.455. The van der Waals surface area contributed by atoms with Gasteiger partial charge in [-0.25, -0.2) is 4.39 Å². The summed E-state index contributed by atoms with van der Waals surface area (Å²) < 4.78 is 12.9. The zero-order valence-corrected chi connectivity index (χ0v) is 8.60. The summed E-state index contributed by atoms with van der Waals surface area (Å²) in [6.07, 6.45) is 3.61. The molecule has 1 saturated carbocycles. The molecule has 0 unspecified atom stereocenters. The zero-order chi connectivity index (χ0) is 10.1. The van der Waals surface area contributed by atoms with Gasteiger partial charge in [-0.1, -0.05) is 24.1 Å². The van der Waals surface area contributed by atoms with E-state index >= 15 is 0 Å². The normalized spacial score (nSPS) is 19.1. The van der Waals surface area contributed by atoms with E-state index in [1.54, 1.807) is 12.1 Å². The first-order chi connectivity index (χ1) is 6.68. The van der Waals surface area contributed by atoms with Crippen LogP contribution in [-0.2, 0) is 0 Å². The molecule has 0 bridgehead atoms. The summed E-state index contributed by atoms with van der Waals surface area (Å²) >= 11 is 5.69. The van der Waals surface area contributed by atoms with Crippen LogP contribution < -0.4 is 5.73 Å². The van der Waals surface area contributed by atoms with Crippen LogP contribution in [-0.4, -0.2) is 0 Å². The van der Waals surface area contributed by atoms with Crippen molar-refractivity contribution in [2.45, 2.75) is 25.3 Å². The highest BCUT2D eigenvalue weighted by atomic mass is 35.5. The van der Waals surface area contributed by atoms with E-state index in [0.29, 0.717) is 5.92 Å². The molecule has 1 aromatic carbocycles. The minimum absolute atomic E-state index is 0.0156. The monoisotopic (exact) mass is 213 g/mol. The maximum atomic E-state index is 12.9. The van der Waals surface area contributed by atoms with Crippen LogP contribution in [0.15, 0.2) is 18.2 Å². The summed E-state index contributed by atoms with van der Waals surface area (Å²) in [7, 11) is 0. The Kier molecular flexibility index (Phi) is 2.75. The third-order valence-electron chi connectivity index (χ3n) is 2.99. The third kappa shape index (κ3) is 1.77. The lowest BCUT2D eigenvalue weighted by molar-refractivity contribution is 0.264. The number of halogens is 2. The lowest BCUT2D eigenvalue weighted by Gasteiger charge is -2.31. The van der Waals surface area contributed by atoms with E-state index in [2.05, 4.69) is 0 Å². The highest BCUT2D eigenvalue weighted by Gasteiger charge is 2.25. The van der Waals surface area contributed by atoms with E-state index in [1.807, 2.05) is 0 Å². The summed E-state index contributed by atoms with van der Waals surface area (Å²) in [5, 5.41) is 0.164.